The number of nitrogens with one attached hydrogen (secondary N) is 1. The molecule has 1 unspecified atom stereocenters. The first-order valence-corrected chi connectivity index (χ1v) is 12.2. The lowest BCUT2D eigenvalue weighted by Crippen LogP contribution is -2.57. The molecule has 9 heteroatoms. The van der Waals surface area contributed by atoms with Crippen molar-refractivity contribution in [3.8, 4) is 0 Å². The van der Waals surface area contributed by atoms with E-state index in [0.29, 0.717) is 25.6 Å². The second-order valence-corrected chi connectivity index (χ2v) is 12.4. The zero-order chi connectivity index (χ0) is 21.9. The monoisotopic (exact) mass is 430 g/mol. The number of carbonyl (C=O) groups excluding carboxylic acids is 1. The maximum Gasteiger partial charge on any atom is 0.410 e. The van der Waals surface area contributed by atoms with E-state index in [9.17, 15) is 13.2 Å². The molecule has 0 aromatic rings. The summed E-state index contributed by atoms with van der Waals surface area (Å²) in [6, 6.07) is 0. The van der Waals surface area contributed by atoms with E-state index in [-0.39, 0.29) is 11.8 Å². The zero-order valence-electron chi connectivity index (χ0n) is 18.8. The maximum atomic E-state index is 12.3. The summed E-state index contributed by atoms with van der Waals surface area (Å²) in [7, 11) is -1.35. The molecule has 1 amide bonds. The highest BCUT2D eigenvalue weighted by Gasteiger charge is 2.41. The Kier molecular flexibility index (Phi) is 7.46. The number of piperidine rings is 1. The fraction of sp³-hybridized carbons (Fsp3) is 0.900. The molecule has 0 bridgehead atoms. The van der Waals surface area contributed by atoms with Gasteiger partial charge in [-0.1, -0.05) is 0 Å². The van der Waals surface area contributed by atoms with Gasteiger partial charge in [0.2, 0.25) is 0 Å². The first kappa shape index (κ1) is 23.8. The topological polar surface area (TPSA) is 91.3 Å². The maximum absolute atomic E-state index is 12.3. The molecule has 0 saturated carbocycles. The van der Waals surface area contributed by atoms with Gasteiger partial charge in [0.25, 0.3) is 0 Å². The Labute approximate surface area is 176 Å². The van der Waals surface area contributed by atoms with Gasteiger partial charge < -0.3 is 19.9 Å². The van der Waals surface area contributed by atoms with Crippen LogP contribution in [-0.2, 0) is 14.6 Å². The van der Waals surface area contributed by atoms with Crippen molar-refractivity contribution in [3.63, 3.8) is 0 Å². The highest BCUT2D eigenvalue weighted by Crippen LogP contribution is 2.24. The molecule has 2 rings (SSSR count). The van der Waals surface area contributed by atoms with E-state index >= 15 is 0 Å². The second kappa shape index (κ2) is 9.10. The first-order chi connectivity index (χ1) is 13.3. The van der Waals surface area contributed by atoms with Gasteiger partial charge in [-0.3, -0.25) is 4.99 Å². The molecule has 168 valence electrons. The van der Waals surface area contributed by atoms with Crippen molar-refractivity contribution in [1.82, 2.24) is 15.1 Å². The van der Waals surface area contributed by atoms with Crippen LogP contribution in [0, 0.1) is 5.92 Å². The molecule has 2 aliphatic heterocycles. The van der Waals surface area contributed by atoms with Gasteiger partial charge in [-0.05, 0) is 59.8 Å². The highest BCUT2D eigenvalue weighted by molar-refractivity contribution is 7.92. The van der Waals surface area contributed by atoms with Crippen LogP contribution in [0.5, 0.6) is 0 Å². The van der Waals surface area contributed by atoms with Gasteiger partial charge in [0.1, 0.15) is 5.60 Å². The summed E-state index contributed by atoms with van der Waals surface area (Å²) in [6.07, 6.45) is 2.77. The zero-order valence-corrected chi connectivity index (χ0v) is 19.6. The van der Waals surface area contributed by atoms with Crippen LogP contribution < -0.4 is 5.32 Å². The molecule has 2 saturated heterocycles. The van der Waals surface area contributed by atoms with Crippen LogP contribution in [-0.4, -0.2) is 86.1 Å². The van der Waals surface area contributed by atoms with Gasteiger partial charge in [-0.25, -0.2) is 13.2 Å². The second-order valence-electron chi connectivity index (χ2n) is 9.70. The predicted molar refractivity (Wildman–Crippen MR) is 116 cm³/mol. The van der Waals surface area contributed by atoms with E-state index in [4.69, 9.17) is 4.74 Å². The van der Waals surface area contributed by atoms with Crippen molar-refractivity contribution in [1.29, 1.82) is 0 Å². The number of hydrogen-bond donors (Lipinski definition) is 1. The average Bonchev–Trinajstić information content (AvgIpc) is 2.60. The quantitative estimate of drug-likeness (QED) is 0.545. The summed E-state index contributed by atoms with van der Waals surface area (Å²) >= 11 is 0. The smallest absolute Gasteiger partial charge is 0.410 e. The van der Waals surface area contributed by atoms with Gasteiger partial charge in [-0.15, -0.1) is 0 Å². The fourth-order valence-electron chi connectivity index (χ4n) is 3.84. The Bertz CT molecular complexity index is 712. The number of guanidine groups is 1. The molecular weight excluding hydrogens is 392 g/mol. The lowest BCUT2D eigenvalue weighted by Gasteiger charge is -2.39. The molecule has 0 aromatic heterocycles. The fourth-order valence-corrected chi connectivity index (χ4v) is 5.20. The SMILES string of the molecule is CN=C(NCCC1CCCN(C(=O)OC(C)(C)C)C1)N1CCS(=O)(=O)C(C)(C)C1. The molecule has 2 fully saturated rings. The van der Waals surface area contributed by atoms with E-state index in [1.54, 1.807) is 20.9 Å². The van der Waals surface area contributed by atoms with Crippen LogP contribution in [0.15, 0.2) is 4.99 Å². The van der Waals surface area contributed by atoms with Crippen molar-refractivity contribution in [2.75, 3.05) is 45.5 Å². The molecule has 2 aliphatic rings. The third-order valence-corrected chi connectivity index (χ3v) is 8.09. The molecule has 0 aliphatic carbocycles. The summed E-state index contributed by atoms with van der Waals surface area (Å²) in [6.45, 7) is 12.3. The molecule has 1 atom stereocenters. The Balaban J connectivity index is 1.83. The average molecular weight is 431 g/mol. The van der Waals surface area contributed by atoms with Gasteiger partial charge >= 0.3 is 6.09 Å². The van der Waals surface area contributed by atoms with Crippen molar-refractivity contribution < 1.29 is 17.9 Å². The standard InChI is InChI=1S/C20H38N4O4S/c1-19(2,3)28-18(25)23-11-7-8-16(14-23)9-10-22-17(21-6)24-12-13-29(26,27)20(4,5)15-24/h16H,7-15H2,1-6H3,(H,21,22). The molecule has 0 spiro atoms. The number of carbonyl (C=O) groups is 1. The summed E-state index contributed by atoms with van der Waals surface area (Å²) in [5.41, 5.74) is -0.478. The third-order valence-electron chi connectivity index (χ3n) is 5.56. The normalized spacial score (nSPS) is 24.9. The number of aliphatic imine (C=N–C) groups is 1. The third kappa shape index (κ3) is 6.49. The lowest BCUT2D eigenvalue weighted by atomic mass is 9.95. The van der Waals surface area contributed by atoms with E-state index in [1.165, 1.54) is 0 Å². The van der Waals surface area contributed by atoms with Crippen LogP contribution in [0.1, 0.15) is 53.9 Å². The number of nitrogens with zero attached hydrogens (tertiary/aromatic N) is 3. The number of sulfone groups is 1. The summed E-state index contributed by atoms with van der Waals surface area (Å²) in [5.74, 6) is 1.31. The van der Waals surface area contributed by atoms with Gasteiger partial charge in [-0.2, -0.15) is 0 Å². The van der Waals surface area contributed by atoms with Crippen LogP contribution in [0.4, 0.5) is 4.79 Å². The molecule has 2 heterocycles. The Hall–Kier alpha value is -1.51. The van der Waals surface area contributed by atoms with Crippen LogP contribution in [0.25, 0.3) is 0 Å². The number of hydrogen-bond acceptors (Lipinski definition) is 5. The number of ether oxygens (including phenoxy) is 1. The van der Waals surface area contributed by atoms with Crippen molar-refractivity contribution >= 4 is 21.9 Å². The first-order valence-electron chi connectivity index (χ1n) is 10.5. The largest absolute Gasteiger partial charge is 0.444 e. The van der Waals surface area contributed by atoms with Gasteiger partial charge in [0.15, 0.2) is 15.8 Å². The van der Waals surface area contributed by atoms with Crippen molar-refractivity contribution in [2.24, 2.45) is 10.9 Å². The van der Waals surface area contributed by atoms with Gasteiger partial charge in [0, 0.05) is 39.8 Å². The number of rotatable bonds is 3. The van der Waals surface area contributed by atoms with E-state index in [1.807, 2.05) is 30.6 Å². The lowest BCUT2D eigenvalue weighted by molar-refractivity contribution is 0.0162. The van der Waals surface area contributed by atoms with Crippen molar-refractivity contribution in [2.45, 2.75) is 64.2 Å². The minimum absolute atomic E-state index is 0.147. The van der Waals surface area contributed by atoms with E-state index < -0.39 is 20.2 Å². The Morgan fingerprint density at radius 2 is 1.93 bits per heavy atom. The summed E-state index contributed by atoms with van der Waals surface area (Å²) < 4.78 is 29.2. The van der Waals surface area contributed by atoms with Crippen LogP contribution in [0.2, 0.25) is 0 Å². The molecule has 8 nitrogen and oxygen atoms in total. The van der Waals surface area contributed by atoms with E-state index in [0.717, 1.165) is 38.3 Å². The molecule has 0 aromatic carbocycles. The van der Waals surface area contributed by atoms with Crippen LogP contribution >= 0.6 is 0 Å². The molecule has 0 radical (unpaired) electrons. The van der Waals surface area contributed by atoms with Crippen LogP contribution in [0.3, 0.4) is 0 Å². The molecule has 29 heavy (non-hydrogen) atoms. The minimum atomic E-state index is -3.07. The van der Waals surface area contributed by atoms with Gasteiger partial charge in [0.05, 0.1) is 10.5 Å². The predicted octanol–water partition coefficient (Wildman–Crippen LogP) is 2.11. The number of likely N-dealkylation sites (tertiary alicyclic amines) is 1. The Morgan fingerprint density at radius 1 is 1.24 bits per heavy atom. The number of amides is 1. The summed E-state index contributed by atoms with van der Waals surface area (Å²) in [5, 5.41) is 3.38. The summed E-state index contributed by atoms with van der Waals surface area (Å²) in [4.78, 5) is 20.5. The van der Waals surface area contributed by atoms with Crippen molar-refractivity contribution in [3.05, 3.63) is 0 Å². The molecule has 1 N–H and O–H groups in total. The van der Waals surface area contributed by atoms with E-state index in [2.05, 4.69) is 10.3 Å². The Morgan fingerprint density at radius 3 is 2.52 bits per heavy atom. The molecular formula is C20H38N4O4S. The highest BCUT2D eigenvalue weighted by atomic mass is 32.2. The minimum Gasteiger partial charge on any atom is -0.444 e.